The first-order chi connectivity index (χ1) is 6.74. The molecule has 6 heteroatoms. The zero-order valence-electron chi connectivity index (χ0n) is 7.61. The highest BCUT2D eigenvalue weighted by Gasteiger charge is 2.26. The van der Waals surface area contributed by atoms with Crippen molar-refractivity contribution in [2.24, 2.45) is 0 Å². The smallest absolute Gasteiger partial charge is 0.359 e. The molecule has 0 spiro atoms. The second kappa shape index (κ2) is 3.13. The van der Waals surface area contributed by atoms with E-state index in [0.29, 0.717) is 13.1 Å². The van der Waals surface area contributed by atoms with Crippen LogP contribution in [0.15, 0.2) is 6.33 Å². The summed E-state index contributed by atoms with van der Waals surface area (Å²) >= 11 is 0. The lowest BCUT2D eigenvalue weighted by Gasteiger charge is -2.15. The van der Waals surface area contributed by atoms with Crippen LogP contribution in [-0.4, -0.2) is 35.1 Å². The predicted molar refractivity (Wildman–Crippen MR) is 45.9 cm³/mol. The van der Waals surface area contributed by atoms with Gasteiger partial charge in [0, 0.05) is 13.1 Å². The lowest BCUT2D eigenvalue weighted by atomic mass is 10.2. The van der Waals surface area contributed by atoms with Crippen molar-refractivity contribution < 1.29 is 14.3 Å². The van der Waals surface area contributed by atoms with E-state index < -0.39 is 5.97 Å². The fraction of sp³-hybridized carbons (Fsp3) is 0.375. The van der Waals surface area contributed by atoms with E-state index in [-0.39, 0.29) is 17.3 Å². The fourth-order valence-electron chi connectivity index (χ4n) is 1.41. The molecule has 1 aliphatic heterocycles. The van der Waals surface area contributed by atoms with Crippen LogP contribution in [0.4, 0.5) is 0 Å². The Balaban J connectivity index is 2.48. The summed E-state index contributed by atoms with van der Waals surface area (Å²) in [6.07, 6.45) is 1.47. The third kappa shape index (κ3) is 1.15. The Morgan fingerprint density at radius 1 is 1.71 bits per heavy atom. The zero-order valence-corrected chi connectivity index (χ0v) is 7.61. The number of fused-ring (bicyclic) bond motifs is 1. The van der Waals surface area contributed by atoms with E-state index >= 15 is 0 Å². The van der Waals surface area contributed by atoms with Crippen molar-refractivity contribution in [3.05, 3.63) is 17.7 Å². The number of carbonyl (C=O) groups excluding carboxylic acids is 2. The lowest BCUT2D eigenvalue weighted by Crippen LogP contribution is -2.36. The van der Waals surface area contributed by atoms with Crippen LogP contribution in [0.3, 0.4) is 0 Å². The van der Waals surface area contributed by atoms with Gasteiger partial charge >= 0.3 is 5.97 Å². The van der Waals surface area contributed by atoms with Gasteiger partial charge in [0.05, 0.1) is 13.4 Å². The molecule has 1 aromatic heterocycles. The van der Waals surface area contributed by atoms with Gasteiger partial charge in [-0.05, 0) is 0 Å². The number of rotatable bonds is 1. The van der Waals surface area contributed by atoms with E-state index in [1.165, 1.54) is 13.4 Å². The molecule has 1 aromatic rings. The van der Waals surface area contributed by atoms with Crippen LogP contribution < -0.4 is 5.32 Å². The number of nitrogens with zero attached hydrogens (tertiary/aromatic N) is 2. The summed E-state index contributed by atoms with van der Waals surface area (Å²) in [6.45, 7) is 1.19. The van der Waals surface area contributed by atoms with Crippen molar-refractivity contribution in [1.29, 1.82) is 0 Å². The van der Waals surface area contributed by atoms with Crippen LogP contribution in [0.25, 0.3) is 0 Å². The average molecular weight is 195 g/mol. The minimum absolute atomic E-state index is 0.0738. The number of carbonyl (C=O) groups is 2. The Labute approximate surface area is 79.9 Å². The van der Waals surface area contributed by atoms with E-state index in [0.717, 1.165) is 0 Å². The van der Waals surface area contributed by atoms with Crippen LogP contribution in [-0.2, 0) is 11.3 Å². The molecule has 74 valence electrons. The quantitative estimate of drug-likeness (QED) is 0.608. The van der Waals surface area contributed by atoms with Crippen LogP contribution in [0.2, 0.25) is 0 Å². The van der Waals surface area contributed by atoms with E-state index in [9.17, 15) is 9.59 Å². The maximum atomic E-state index is 11.4. The summed E-state index contributed by atoms with van der Waals surface area (Å²) in [5.41, 5.74) is 0.354. The maximum absolute atomic E-state index is 11.4. The zero-order chi connectivity index (χ0) is 10.1. The summed E-state index contributed by atoms with van der Waals surface area (Å²) < 4.78 is 6.16. The minimum Gasteiger partial charge on any atom is -0.464 e. The highest BCUT2D eigenvalue weighted by Crippen LogP contribution is 2.11. The molecule has 0 atom stereocenters. The number of imidazole rings is 1. The van der Waals surface area contributed by atoms with Crippen molar-refractivity contribution in [2.45, 2.75) is 6.54 Å². The number of ether oxygens (including phenoxy) is 1. The molecular weight excluding hydrogens is 186 g/mol. The summed E-state index contributed by atoms with van der Waals surface area (Å²) in [6, 6.07) is 0. The molecule has 0 saturated carbocycles. The minimum atomic E-state index is -0.587. The van der Waals surface area contributed by atoms with Crippen molar-refractivity contribution in [1.82, 2.24) is 14.9 Å². The highest BCUT2D eigenvalue weighted by atomic mass is 16.5. The van der Waals surface area contributed by atoms with Gasteiger partial charge in [-0.15, -0.1) is 0 Å². The Morgan fingerprint density at radius 2 is 2.50 bits per heavy atom. The summed E-state index contributed by atoms with van der Waals surface area (Å²) in [7, 11) is 1.26. The van der Waals surface area contributed by atoms with Gasteiger partial charge in [0.15, 0.2) is 5.69 Å². The number of nitrogens with one attached hydrogen (secondary N) is 1. The first-order valence-corrected chi connectivity index (χ1v) is 4.15. The van der Waals surface area contributed by atoms with Crippen molar-refractivity contribution >= 4 is 11.9 Å². The lowest BCUT2D eigenvalue weighted by molar-refractivity contribution is 0.0589. The van der Waals surface area contributed by atoms with E-state index in [1.54, 1.807) is 4.57 Å². The van der Waals surface area contributed by atoms with E-state index in [2.05, 4.69) is 15.0 Å². The topological polar surface area (TPSA) is 73.2 Å². The molecule has 0 saturated heterocycles. The number of aromatic nitrogens is 2. The van der Waals surface area contributed by atoms with Crippen LogP contribution in [0.1, 0.15) is 21.0 Å². The molecule has 2 heterocycles. The van der Waals surface area contributed by atoms with E-state index in [4.69, 9.17) is 0 Å². The van der Waals surface area contributed by atoms with Gasteiger partial charge in [-0.25, -0.2) is 9.78 Å². The number of methoxy groups -OCH3 is 1. The first-order valence-electron chi connectivity index (χ1n) is 4.15. The molecule has 2 rings (SSSR count). The molecule has 14 heavy (non-hydrogen) atoms. The van der Waals surface area contributed by atoms with Crippen LogP contribution in [0.5, 0.6) is 0 Å². The number of amides is 1. The molecule has 1 aliphatic rings. The summed E-state index contributed by atoms with van der Waals surface area (Å²) in [5, 5.41) is 2.64. The standard InChI is InChI=1S/C8H9N3O3/c1-14-8(13)5-6-7(12)9-2-3-11(6)4-10-5/h4H,2-3H2,1H3,(H,9,12). The number of hydrogen-bond donors (Lipinski definition) is 1. The molecule has 0 bridgehead atoms. The monoisotopic (exact) mass is 195 g/mol. The molecule has 1 N–H and O–H groups in total. The molecule has 0 aliphatic carbocycles. The molecule has 0 aromatic carbocycles. The van der Waals surface area contributed by atoms with Gasteiger partial charge in [-0.1, -0.05) is 0 Å². The maximum Gasteiger partial charge on any atom is 0.359 e. The van der Waals surface area contributed by atoms with E-state index in [1.807, 2.05) is 0 Å². The van der Waals surface area contributed by atoms with Crippen LogP contribution in [0, 0.1) is 0 Å². The van der Waals surface area contributed by atoms with Gasteiger partial charge in [0.25, 0.3) is 5.91 Å². The van der Waals surface area contributed by atoms with Gasteiger partial charge in [0.1, 0.15) is 5.69 Å². The number of hydrogen-bond acceptors (Lipinski definition) is 4. The number of esters is 1. The fourth-order valence-corrected chi connectivity index (χ4v) is 1.41. The molecular formula is C8H9N3O3. The Morgan fingerprint density at radius 3 is 3.21 bits per heavy atom. The third-order valence-electron chi connectivity index (χ3n) is 2.07. The van der Waals surface area contributed by atoms with Crippen LogP contribution >= 0.6 is 0 Å². The second-order valence-electron chi connectivity index (χ2n) is 2.88. The van der Waals surface area contributed by atoms with Crippen molar-refractivity contribution in [3.63, 3.8) is 0 Å². The predicted octanol–water partition coefficient (Wildman–Crippen LogP) is -0.587. The molecule has 1 amide bonds. The Hall–Kier alpha value is -1.85. The molecule has 0 unspecified atom stereocenters. The highest BCUT2D eigenvalue weighted by molar-refractivity contribution is 6.03. The Kier molecular flexibility index (Phi) is 1.95. The second-order valence-corrected chi connectivity index (χ2v) is 2.88. The Bertz CT molecular complexity index is 397. The molecule has 0 radical (unpaired) electrons. The van der Waals surface area contributed by atoms with Gasteiger partial charge < -0.3 is 14.6 Å². The third-order valence-corrected chi connectivity index (χ3v) is 2.07. The SMILES string of the molecule is COC(=O)c1ncn2c1C(=O)NCC2. The van der Waals surface area contributed by atoms with Crippen molar-refractivity contribution in [3.8, 4) is 0 Å². The van der Waals surface area contributed by atoms with Crippen molar-refractivity contribution in [2.75, 3.05) is 13.7 Å². The van der Waals surface area contributed by atoms with Gasteiger partial charge in [-0.2, -0.15) is 0 Å². The summed E-state index contributed by atoms with van der Waals surface area (Å²) in [5.74, 6) is -0.870. The molecule has 6 nitrogen and oxygen atoms in total. The van der Waals surface area contributed by atoms with Gasteiger partial charge in [0.2, 0.25) is 0 Å². The molecule has 0 fully saturated rings. The van der Waals surface area contributed by atoms with Gasteiger partial charge in [-0.3, -0.25) is 4.79 Å². The summed E-state index contributed by atoms with van der Waals surface area (Å²) in [4.78, 5) is 26.5. The first kappa shape index (κ1) is 8.74. The average Bonchev–Trinajstić information content (AvgIpc) is 2.62. The largest absolute Gasteiger partial charge is 0.464 e. The normalized spacial score (nSPS) is 14.5.